The Morgan fingerprint density at radius 2 is 2.00 bits per heavy atom. The third kappa shape index (κ3) is 2.73. The molecule has 1 fully saturated rings. The first-order chi connectivity index (χ1) is 6.33. The lowest BCUT2D eigenvalue weighted by atomic mass is 9.73. The Kier molecular flexibility index (Phi) is 3.76. The van der Waals surface area contributed by atoms with Crippen LogP contribution in [0, 0.1) is 16.7 Å². The highest BCUT2D eigenvalue weighted by molar-refractivity contribution is 5.07. The van der Waals surface area contributed by atoms with E-state index in [0.29, 0.717) is 0 Å². The summed E-state index contributed by atoms with van der Waals surface area (Å²) in [7, 11) is 0. The van der Waals surface area contributed by atoms with Crippen LogP contribution >= 0.6 is 0 Å². The molecule has 0 aromatic rings. The van der Waals surface area contributed by atoms with Crippen molar-refractivity contribution >= 4 is 0 Å². The van der Waals surface area contributed by atoms with E-state index in [1.165, 1.54) is 19.3 Å². The molecular weight excluding hydrogens is 158 g/mol. The van der Waals surface area contributed by atoms with Gasteiger partial charge in [-0.2, -0.15) is 5.26 Å². The van der Waals surface area contributed by atoms with Crippen molar-refractivity contribution in [2.24, 2.45) is 5.41 Å². The summed E-state index contributed by atoms with van der Waals surface area (Å²) in [6.45, 7) is 3.62. The largest absolute Gasteiger partial charge is 0.198 e. The van der Waals surface area contributed by atoms with Crippen molar-refractivity contribution in [3.63, 3.8) is 0 Å². The van der Waals surface area contributed by atoms with Crippen LogP contribution in [0.1, 0.15) is 38.5 Å². The summed E-state index contributed by atoms with van der Waals surface area (Å²) < 4.78 is 0. The summed E-state index contributed by atoms with van der Waals surface area (Å²) >= 11 is 0. The van der Waals surface area contributed by atoms with E-state index >= 15 is 0 Å². The predicted octanol–water partition coefficient (Wildman–Crippen LogP) is 3.59. The van der Waals surface area contributed by atoms with E-state index in [1.54, 1.807) is 6.08 Å². The SMILES string of the molecule is C=C/C=C/CC1(C#N)CCCCC1. The number of hydrogen-bond donors (Lipinski definition) is 0. The Hall–Kier alpha value is -1.03. The van der Waals surface area contributed by atoms with Crippen molar-refractivity contribution < 1.29 is 0 Å². The number of rotatable bonds is 3. The first-order valence-corrected chi connectivity index (χ1v) is 5.02. The quantitative estimate of drug-likeness (QED) is 0.601. The molecule has 0 aromatic heterocycles. The monoisotopic (exact) mass is 175 g/mol. The molecule has 1 aliphatic rings. The van der Waals surface area contributed by atoms with Gasteiger partial charge in [-0.3, -0.25) is 0 Å². The molecule has 0 aromatic carbocycles. The van der Waals surface area contributed by atoms with Crippen LogP contribution in [-0.2, 0) is 0 Å². The first kappa shape index (κ1) is 10.1. The Bertz CT molecular complexity index is 226. The van der Waals surface area contributed by atoms with E-state index in [-0.39, 0.29) is 5.41 Å². The van der Waals surface area contributed by atoms with Crippen LogP contribution in [0.5, 0.6) is 0 Å². The zero-order valence-electron chi connectivity index (χ0n) is 8.13. The number of nitriles is 1. The second-order valence-corrected chi connectivity index (χ2v) is 3.82. The molecule has 70 valence electrons. The van der Waals surface area contributed by atoms with Gasteiger partial charge in [0.1, 0.15) is 0 Å². The fourth-order valence-electron chi connectivity index (χ4n) is 1.98. The maximum absolute atomic E-state index is 9.13. The zero-order chi connectivity index (χ0) is 9.57. The van der Waals surface area contributed by atoms with Crippen LogP contribution in [0.15, 0.2) is 24.8 Å². The summed E-state index contributed by atoms with van der Waals surface area (Å²) in [6, 6.07) is 2.49. The van der Waals surface area contributed by atoms with Crippen LogP contribution in [0.4, 0.5) is 0 Å². The molecule has 0 amide bonds. The van der Waals surface area contributed by atoms with Gasteiger partial charge in [-0.05, 0) is 19.3 Å². The number of hydrogen-bond acceptors (Lipinski definition) is 1. The van der Waals surface area contributed by atoms with Gasteiger partial charge in [-0.1, -0.05) is 44.1 Å². The first-order valence-electron chi connectivity index (χ1n) is 5.02. The van der Waals surface area contributed by atoms with Gasteiger partial charge in [-0.25, -0.2) is 0 Å². The van der Waals surface area contributed by atoms with Crippen LogP contribution < -0.4 is 0 Å². The van der Waals surface area contributed by atoms with Gasteiger partial charge in [0.05, 0.1) is 11.5 Å². The van der Waals surface area contributed by atoms with E-state index in [1.807, 2.05) is 6.08 Å². The highest BCUT2D eigenvalue weighted by atomic mass is 14.4. The molecule has 0 heterocycles. The molecule has 1 aliphatic carbocycles. The molecule has 0 aliphatic heterocycles. The average molecular weight is 175 g/mol. The molecule has 1 rings (SSSR count). The van der Waals surface area contributed by atoms with E-state index in [0.717, 1.165) is 19.3 Å². The van der Waals surface area contributed by atoms with Crippen molar-refractivity contribution in [3.05, 3.63) is 24.8 Å². The van der Waals surface area contributed by atoms with Crippen LogP contribution in [0.2, 0.25) is 0 Å². The lowest BCUT2D eigenvalue weighted by Crippen LogP contribution is -2.21. The summed E-state index contributed by atoms with van der Waals surface area (Å²) in [5, 5.41) is 9.13. The van der Waals surface area contributed by atoms with Crippen molar-refractivity contribution in [1.29, 1.82) is 5.26 Å². The van der Waals surface area contributed by atoms with Crippen molar-refractivity contribution in [2.45, 2.75) is 38.5 Å². The smallest absolute Gasteiger partial charge is 0.0693 e. The summed E-state index contributed by atoms with van der Waals surface area (Å²) in [5.41, 5.74) is -0.0578. The summed E-state index contributed by atoms with van der Waals surface area (Å²) in [4.78, 5) is 0. The van der Waals surface area contributed by atoms with Crippen molar-refractivity contribution in [1.82, 2.24) is 0 Å². The maximum atomic E-state index is 9.13. The van der Waals surface area contributed by atoms with E-state index in [2.05, 4.69) is 18.7 Å². The molecule has 0 bridgehead atoms. The normalized spacial score (nSPS) is 21.2. The van der Waals surface area contributed by atoms with Gasteiger partial charge in [-0.15, -0.1) is 0 Å². The van der Waals surface area contributed by atoms with Gasteiger partial charge in [0, 0.05) is 0 Å². The highest BCUT2D eigenvalue weighted by Crippen LogP contribution is 2.38. The van der Waals surface area contributed by atoms with Gasteiger partial charge in [0.25, 0.3) is 0 Å². The molecule has 1 nitrogen and oxygen atoms in total. The van der Waals surface area contributed by atoms with Gasteiger partial charge < -0.3 is 0 Å². The van der Waals surface area contributed by atoms with E-state index in [9.17, 15) is 0 Å². The molecule has 0 unspecified atom stereocenters. The van der Waals surface area contributed by atoms with Crippen LogP contribution in [0.25, 0.3) is 0 Å². The molecule has 0 N–H and O–H groups in total. The highest BCUT2D eigenvalue weighted by Gasteiger charge is 2.30. The third-order valence-corrected chi connectivity index (χ3v) is 2.83. The maximum Gasteiger partial charge on any atom is 0.0693 e. The minimum Gasteiger partial charge on any atom is -0.198 e. The Balaban J connectivity index is 2.53. The minimum atomic E-state index is -0.0578. The van der Waals surface area contributed by atoms with E-state index in [4.69, 9.17) is 5.26 Å². The standard InChI is InChI=1S/C12H17N/c1-2-3-5-8-12(11-13)9-6-4-7-10-12/h2-3,5H,1,4,6-10H2/b5-3+. The van der Waals surface area contributed by atoms with Crippen LogP contribution in [0.3, 0.4) is 0 Å². The Morgan fingerprint density at radius 3 is 2.54 bits per heavy atom. The number of allylic oxidation sites excluding steroid dienone is 3. The summed E-state index contributed by atoms with van der Waals surface area (Å²) in [6.07, 6.45) is 12.6. The lowest BCUT2D eigenvalue weighted by Gasteiger charge is -2.29. The Morgan fingerprint density at radius 1 is 1.31 bits per heavy atom. The van der Waals surface area contributed by atoms with Crippen molar-refractivity contribution in [2.75, 3.05) is 0 Å². The molecule has 1 heteroatoms. The van der Waals surface area contributed by atoms with E-state index < -0.39 is 0 Å². The Labute approximate surface area is 80.8 Å². The number of nitrogens with zero attached hydrogens (tertiary/aromatic N) is 1. The molecular formula is C12H17N. The second kappa shape index (κ2) is 4.87. The molecule has 0 spiro atoms. The summed E-state index contributed by atoms with van der Waals surface area (Å²) in [5.74, 6) is 0. The topological polar surface area (TPSA) is 23.8 Å². The lowest BCUT2D eigenvalue weighted by molar-refractivity contribution is 0.270. The molecule has 1 saturated carbocycles. The molecule has 0 saturated heterocycles. The molecule has 0 radical (unpaired) electrons. The fraction of sp³-hybridized carbons (Fsp3) is 0.583. The van der Waals surface area contributed by atoms with Gasteiger partial charge in [0.2, 0.25) is 0 Å². The minimum absolute atomic E-state index is 0.0578. The van der Waals surface area contributed by atoms with Gasteiger partial charge >= 0.3 is 0 Å². The molecule has 0 atom stereocenters. The second-order valence-electron chi connectivity index (χ2n) is 3.82. The average Bonchev–Trinajstić information content (AvgIpc) is 2.20. The fourth-order valence-corrected chi connectivity index (χ4v) is 1.98. The van der Waals surface area contributed by atoms with Gasteiger partial charge in [0.15, 0.2) is 0 Å². The predicted molar refractivity (Wildman–Crippen MR) is 55.1 cm³/mol. The van der Waals surface area contributed by atoms with Crippen molar-refractivity contribution in [3.8, 4) is 6.07 Å². The third-order valence-electron chi connectivity index (χ3n) is 2.83. The molecule has 13 heavy (non-hydrogen) atoms. The zero-order valence-corrected chi connectivity index (χ0v) is 8.13. The van der Waals surface area contributed by atoms with Crippen LogP contribution in [-0.4, -0.2) is 0 Å².